The van der Waals surface area contributed by atoms with Gasteiger partial charge in [-0.25, -0.2) is 0 Å². The normalized spacial score (nSPS) is 11.6. The van der Waals surface area contributed by atoms with Crippen molar-refractivity contribution < 1.29 is 10.2 Å². The highest BCUT2D eigenvalue weighted by Crippen LogP contribution is 2.32. The van der Waals surface area contributed by atoms with Crippen molar-refractivity contribution in [1.82, 2.24) is 9.97 Å². The van der Waals surface area contributed by atoms with Crippen LogP contribution in [0.25, 0.3) is 10.8 Å². The van der Waals surface area contributed by atoms with Gasteiger partial charge in [-0.15, -0.1) is 0 Å². The van der Waals surface area contributed by atoms with E-state index in [2.05, 4.69) is 20.0 Å². The SMILES string of the molecule is Oc1ccc2c(C=NCc3ccccn3)c(O)ccc2c1C=NCc1ccccn1. The van der Waals surface area contributed by atoms with Crippen molar-refractivity contribution in [2.45, 2.75) is 13.1 Å². The van der Waals surface area contributed by atoms with Gasteiger partial charge in [-0.1, -0.05) is 12.1 Å². The molecule has 0 unspecified atom stereocenters. The van der Waals surface area contributed by atoms with Crippen molar-refractivity contribution in [1.29, 1.82) is 0 Å². The van der Waals surface area contributed by atoms with Crippen LogP contribution in [-0.4, -0.2) is 32.6 Å². The second kappa shape index (κ2) is 8.96. The molecule has 0 fully saturated rings. The lowest BCUT2D eigenvalue weighted by molar-refractivity contribution is 0.473. The van der Waals surface area contributed by atoms with Crippen LogP contribution in [0.5, 0.6) is 11.5 Å². The summed E-state index contributed by atoms with van der Waals surface area (Å²) in [5.41, 5.74) is 2.85. The number of aromatic hydroxyl groups is 2. The van der Waals surface area contributed by atoms with Crippen LogP contribution in [0.3, 0.4) is 0 Å². The summed E-state index contributed by atoms with van der Waals surface area (Å²) in [6.45, 7) is 0.820. The van der Waals surface area contributed by atoms with E-state index in [-0.39, 0.29) is 11.5 Å². The number of nitrogens with zero attached hydrogens (tertiary/aromatic N) is 4. The average Bonchev–Trinajstić information content (AvgIpc) is 2.78. The number of hydrogen-bond acceptors (Lipinski definition) is 6. The Morgan fingerprint density at radius 3 is 1.50 bits per heavy atom. The van der Waals surface area contributed by atoms with Crippen molar-refractivity contribution >= 4 is 23.2 Å². The maximum Gasteiger partial charge on any atom is 0.124 e. The zero-order valence-electron chi connectivity index (χ0n) is 16.2. The molecule has 0 saturated heterocycles. The van der Waals surface area contributed by atoms with Crippen LogP contribution in [0.2, 0.25) is 0 Å². The Morgan fingerprint density at radius 2 is 1.10 bits per heavy atom. The molecule has 0 bridgehead atoms. The van der Waals surface area contributed by atoms with Crippen LogP contribution in [0.15, 0.2) is 83.0 Å². The van der Waals surface area contributed by atoms with Gasteiger partial charge in [-0.2, -0.15) is 0 Å². The Kier molecular flexibility index (Phi) is 5.75. The Labute approximate surface area is 174 Å². The molecule has 0 amide bonds. The molecule has 0 aliphatic rings. The lowest BCUT2D eigenvalue weighted by Crippen LogP contribution is -1.93. The highest BCUT2D eigenvalue weighted by molar-refractivity contribution is 6.09. The minimum Gasteiger partial charge on any atom is -0.507 e. The molecule has 148 valence electrons. The molecule has 0 radical (unpaired) electrons. The topological polar surface area (TPSA) is 91.0 Å². The lowest BCUT2D eigenvalue weighted by Gasteiger charge is -2.09. The lowest BCUT2D eigenvalue weighted by atomic mass is 9.99. The molecule has 6 heteroatoms. The van der Waals surface area contributed by atoms with Crippen LogP contribution in [0.1, 0.15) is 22.5 Å². The van der Waals surface area contributed by atoms with E-state index in [0.717, 1.165) is 22.2 Å². The number of hydrogen-bond donors (Lipinski definition) is 2. The van der Waals surface area contributed by atoms with E-state index in [1.54, 1.807) is 49.1 Å². The summed E-state index contributed by atoms with van der Waals surface area (Å²) in [6.07, 6.45) is 6.72. The van der Waals surface area contributed by atoms with E-state index in [1.165, 1.54) is 0 Å². The first kappa shape index (κ1) is 19.3. The van der Waals surface area contributed by atoms with E-state index in [9.17, 15) is 10.2 Å². The molecule has 0 saturated carbocycles. The number of benzene rings is 2. The number of rotatable bonds is 6. The van der Waals surface area contributed by atoms with Gasteiger partial charge in [0.25, 0.3) is 0 Å². The Bertz CT molecular complexity index is 1110. The Hall–Kier alpha value is -4.06. The molecule has 0 spiro atoms. The number of aromatic nitrogens is 2. The number of aliphatic imine (C=N–C) groups is 2. The highest BCUT2D eigenvalue weighted by atomic mass is 16.3. The van der Waals surface area contributed by atoms with Crippen LogP contribution < -0.4 is 0 Å². The Balaban J connectivity index is 1.65. The minimum atomic E-state index is 0.120. The minimum absolute atomic E-state index is 0.120. The standard InChI is InChI=1S/C24H20N4O2/c29-23-9-8-20-19(21(23)15-25-13-17-5-1-3-11-27-17)7-10-24(30)22(20)16-26-14-18-6-2-4-12-28-18/h1-12,15-16,29-30H,13-14H2. The fourth-order valence-corrected chi connectivity index (χ4v) is 3.14. The number of pyridine rings is 2. The van der Waals surface area contributed by atoms with Crippen molar-refractivity contribution in [2.75, 3.05) is 0 Å². The highest BCUT2D eigenvalue weighted by Gasteiger charge is 2.11. The summed E-state index contributed by atoms with van der Waals surface area (Å²) in [6, 6.07) is 18.0. The molecule has 2 aromatic carbocycles. The maximum absolute atomic E-state index is 10.4. The van der Waals surface area contributed by atoms with Gasteiger partial charge < -0.3 is 10.2 Å². The Morgan fingerprint density at radius 1 is 0.633 bits per heavy atom. The first-order chi connectivity index (χ1) is 14.7. The molecule has 2 aromatic heterocycles. The van der Waals surface area contributed by atoms with Gasteiger partial charge in [0.1, 0.15) is 11.5 Å². The second-order valence-electron chi connectivity index (χ2n) is 6.67. The summed E-state index contributed by atoms with van der Waals surface area (Å²) >= 11 is 0. The quantitative estimate of drug-likeness (QED) is 0.476. The summed E-state index contributed by atoms with van der Waals surface area (Å²) in [4.78, 5) is 17.3. The predicted octanol–water partition coefficient (Wildman–Crippen LogP) is 4.28. The predicted molar refractivity (Wildman–Crippen MR) is 118 cm³/mol. The van der Waals surface area contributed by atoms with Crippen molar-refractivity contribution in [2.24, 2.45) is 9.98 Å². The summed E-state index contributed by atoms with van der Waals surface area (Å²) in [5, 5.41) is 22.3. The van der Waals surface area contributed by atoms with E-state index >= 15 is 0 Å². The van der Waals surface area contributed by atoms with Crippen LogP contribution in [0.4, 0.5) is 0 Å². The van der Waals surface area contributed by atoms with Crippen molar-refractivity contribution in [3.05, 3.63) is 95.6 Å². The fourth-order valence-electron chi connectivity index (χ4n) is 3.14. The van der Waals surface area contributed by atoms with Crippen molar-refractivity contribution in [3.63, 3.8) is 0 Å². The monoisotopic (exact) mass is 396 g/mol. The summed E-state index contributed by atoms with van der Waals surface area (Å²) in [7, 11) is 0. The third kappa shape index (κ3) is 4.33. The number of fused-ring (bicyclic) bond motifs is 1. The second-order valence-corrected chi connectivity index (χ2v) is 6.67. The molecule has 2 heterocycles. The van der Waals surface area contributed by atoms with E-state index in [0.29, 0.717) is 24.2 Å². The molecule has 4 rings (SSSR count). The molecule has 6 nitrogen and oxygen atoms in total. The number of phenolic OH excluding ortho intramolecular Hbond substituents is 2. The van der Waals surface area contributed by atoms with E-state index in [4.69, 9.17) is 0 Å². The van der Waals surface area contributed by atoms with Gasteiger partial charge in [-0.05, 0) is 59.3 Å². The van der Waals surface area contributed by atoms with Gasteiger partial charge in [-0.3, -0.25) is 20.0 Å². The van der Waals surface area contributed by atoms with Crippen LogP contribution in [-0.2, 0) is 13.1 Å². The smallest absolute Gasteiger partial charge is 0.124 e. The molecule has 30 heavy (non-hydrogen) atoms. The molecular weight excluding hydrogens is 376 g/mol. The van der Waals surface area contributed by atoms with Gasteiger partial charge in [0.2, 0.25) is 0 Å². The first-order valence-corrected chi connectivity index (χ1v) is 9.49. The molecular formula is C24H20N4O2. The number of phenols is 2. The van der Waals surface area contributed by atoms with Gasteiger partial charge in [0.15, 0.2) is 0 Å². The fraction of sp³-hybridized carbons (Fsp3) is 0.0833. The maximum atomic E-state index is 10.4. The van der Waals surface area contributed by atoms with Gasteiger partial charge in [0, 0.05) is 35.9 Å². The van der Waals surface area contributed by atoms with E-state index < -0.39 is 0 Å². The average molecular weight is 396 g/mol. The van der Waals surface area contributed by atoms with Crippen LogP contribution >= 0.6 is 0 Å². The molecule has 0 atom stereocenters. The molecule has 0 aliphatic heterocycles. The zero-order valence-corrected chi connectivity index (χ0v) is 16.2. The third-order valence-corrected chi connectivity index (χ3v) is 4.64. The zero-order chi connectivity index (χ0) is 20.8. The van der Waals surface area contributed by atoms with Gasteiger partial charge in [0.05, 0.1) is 24.5 Å². The van der Waals surface area contributed by atoms with E-state index in [1.807, 2.05) is 36.4 Å². The van der Waals surface area contributed by atoms with Crippen molar-refractivity contribution in [3.8, 4) is 11.5 Å². The van der Waals surface area contributed by atoms with Gasteiger partial charge >= 0.3 is 0 Å². The van der Waals surface area contributed by atoms with Crippen LogP contribution in [0, 0.1) is 0 Å². The largest absolute Gasteiger partial charge is 0.507 e. The third-order valence-electron chi connectivity index (χ3n) is 4.64. The molecule has 2 N–H and O–H groups in total. The molecule has 4 aromatic rings. The first-order valence-electron chi connectivity index (χ1n) is 9.49. The summed E-state index contributed by atoms with van der Waals surface area (Å²) < 4.78 is 0. The summed E-state index contributed by atoms with van der Waals surface area (Å²) in [5.74, 6) is 0.240. The molecule has 0 aliphatic carbocycles.